The van der Waals surface area contributed by atoms with Crippen molar-refractivity contribution in [1.29, 1.82) is 0 Å². The third-order valence-corrected chi connectivity index (χ3v) is 3.49. The van der Waals surface area contributed by atoms with E-state index >= 15 is 0 Å². The van der Waals surface area contributed by atoms with Gasteiger partial charge in [0.1, 0.15) is 11.0 Å². The molecule has 2 nitrogen and oxygen atoms in total. The first kappa shape index (κ1) is 12.5. The van der Waals surface area contributed by atoms with E-state index in [0.717, 1.165) is 17.9 Å². The van der Waals surface area contributed by atoms with Crippen molar-refractivity contribution in [3.05, 3.63) is 45.1 Å². The monoisotopic (exact) mass is 266 g/mol. The van der Waals surface area contributed by atoms with Gasteiger partial charge in [-0.3, -0.25) is 0 Å². The highest BCUT2D eigenvalue weighted by atomic mass is 35.5. The molecule has 0 N–H and O–H groups in total. The first-order valence-electron chi connectivity index (χ1n) is 5.51. The highest BCUT2D eigenvalue weighted by Crippen LogP contribution is 2.23. The van der Waals surface area contributed by atoms with Gasteiger partial charge in [-0.25, -0.2) is 9.97 Å². The van der Waals surface area contributed by atoms with E-state index in [1.54, 1.807) is 11.3 Å². The average Bonchev–Trinajstić information content (AvgIpc) is 2.68. The van der Waals surface area contributed by atoms with Crippen molar-refractivity contribution in [1.82, 2.24) is 9.97 Å². The van der Waals surface area contributed by atoms with Crippen LogP contribution in [0.4, 0.5) is 0 Å². The number of rotatable bonds is 2. The van der Waals surface area contributed by atoms with E-state index in [4.69, 9.17) is 11.6 Å². The summed E-state index contributed by atoms with van der Waals surface area (Å²) in [7, 11) is 0. The molecule has 2 rings (SSSR count). The molecule has 17 heavy (non-hydrogen) atoms. The lowest BCUT2D eigenvalue weighted by atomic mass is 9.92. The van der Waals surface area contributed by atoms with Crippen molar-refractivity contribution >= 4 is 22.9 Å². The Balaban J connectivity index is 2.32. The van der Waals surface area contributed by atoms with Crippen LogP contribution in [0.15, 0.2) is 23.6 Å². The molecule has 0 radical (unpaired) electrons. The summed E-state index contributed by atoms with van der Waals surface area (Å²) >= 11 is 7.76. The van der Waals surface area contributed by atoms with Gasteiger partial charge in [-0.15, -0.1) is 11.3 Å². The van der Waals surface area contributed by atoms with Crippen molar-refractivity contribution < 1.29 is 0 Å². The molecule has 2 aromatic heterocycles. The lowest BCUT2D eigenvalue weighted by Gasteiger charge is -2.18. The fourth-order valence-corrected chi connectivity index (χ4v) is 2.40. The largest absolute Gasteiger partial charge is 0.237 e. The van der Waals surface area contributed by atoms with Crippen molar-refractivity contribution in [2.24, 2.45) is 0 Å². The van der Waals surface area contributed by atoms with Crippen molar-refractivity contribution in [2.45, 2.75) is 32.6 Å². The Hall–Kier alpha value is -0.930. The Kier molecular flexibility index (Phi) is 3.50. The average molecular weight is 267 g/mol. The highest BCUT2D eigenvalue weighted by Gasteiger charge is 2.17. The normalized spacial score (nSPS) is 11.8. The van der Waals surface area contributed by atoms with Crippen molar-refractivity contribution in [3.8, 4) is 0 Å². The van der Waals surface area contributed by atoms with Gasteiger partial charge in [0.05, 0.1) is 5.69 Å². The first-order valence-corrected chi connectivity index (χ1v) is 6.77. The summed E-state index contributed by atoms with van der Waals surface area (Å²) in [6, 6.07) is 5.97. The van der Waals surface area contributed by atoms with Crippen LogP contribution in [-0.4, -0.2) is 9.97 Å². The van der Waals surface area contributed by atoms with Gasteiger partial charge in [0.25, 0.3) is 0 Å². The fraction of sp³-hybridized carbons (Fsp3) is 0.385. The zero-order valence-corrected chi connectivity index (χ0v) is 11.8. The molecule has 4 heteroatoms. The Morgan fingerprint density at radius 2 is 2.06 bits per heavy atom. The summed E-state index contributed by atoms with van der Waals surface area (Å²) in [5, 5.41) is 2.58. The third kappa shape index (κ3) is 3.27. The van der Waals surface area contributed by atoms with E-state index < -0.39 is 0 Å². The topological polar surface area (TPSA) is 25.8 Å². The Labute approximate surface area is 111 Å². The Morgan fingerprint density at radius 1 is 1.29 bits per heavy atom. The zero-order valence-electron chi connectivity index (χ0n) is 10.2. The Bertz CT molecular complexity index is 501. The zero-order chi connectivity index (χ0) is 12.5. The summed E-state index contributed by atoms with van der Waals surface area (Å²) in [5.41, 5.74) is 0.987. The molecule has 0 aromatic carbocycles. The predicted octanol–water partition coefficient (Wildman–Crippen LogP) is 4.08. The van der Waals surface area contributed by atoms with Gasteiger partial charge >= 0.3 is 0 Å². The van der Waals surface area contributed by atoms with E-state index in [1.807, 2.05) is 12.1 Å². The maximum absolute atomic E-state index is 6.05. The molecule has 0 aliphatic rings. The minimum atomic E-state index is -0.00319. The van der Waals surface area contributed by atoms with E-state index in [2.05, 4.69) is 42.2 Å². The van der Waals surface area contributed by atoms with Crippen LogP contribution < -0.4 is 0 Å². The SMILES string of the molecule is CC(C)(C)c1cc(Cl)nc(Cc2cccs2)n1. The number of halogens is 1. The van der Waals surface area contributed by atoms with Crippen LogP contribution in [0, 0.1) is 0 Å². The van der Waals surface area contributed by atoms with Crippen molar-refractivity contribution in [2.75, 3.05) is 0 Å². The third-order valence-electron chi connectivity index (χ3n) is 2.42. The second-order valence-electron chi connectivity index (χ2n) is 5.00. The molecule has 0 aliphatic carbocycles. The fourth-order valence-electron chi connectivity index (χ4n) is 1.50. The first-order chi connectivity index (χ1) is 7.95. The van der Waals surface area contributed by atoms with Gasteiger partial charge in [-0.05, 0) is 17.5 Å². The summed E-state index contributed by atoms with van der Waals surface area (Å²) in [5.74, 6) is 0.796. The van der Waals surface area contributed by atoms with Gasteiger partial charge in [-0.2, -0.15) is 0 Å². The smallest absolute Gasteiger partial charge is 0.135 e. The molecule has 90 valence electrons. The van der Waals surface area contributed by atoms with Crippen LogP contribution in [0.2, 0.25) is 5.15 Å². The molecule has 0 unspecified atom stereocenters. The summed E-state index contributed by atoms with van der Waals surface area (Å²) in [6.45, 7) is 6.38. The molecule has 0 atom stereocenters. The number of thiophene rings is 1. The number of nitrogens with zero attached hydrogens (tertiary/aromatic N) is 2. The summed E-state index contributed by atoms with van der Waals surface area (Å²) in [4.78, 5) is 10.1. The molecular weight excluding hydrogens is 252 g/mol. The second-order valence-corrected chi connectivity index (χ2v) is 6.42. The van der Waals surface area contributed by atoms with E-state index in [0.29, 0.717) is 5.15 Å². The number of hydrogen-bond acceptors (Lipinski definition) is 3. The van der Waals surface area contributed by atoms with Crippen LogP contribution in [0.3, 0.4) is 0 Å². The van der Waals surface area contributed by atoms with Gasteiger partial charge < -0.3 is 0 Å². The molecule has 2 aromatic rings. The van der Waals surface area contributed by atoms with Crippen LogP contribution in [0.5, 0.6) is 0 Å². The second kappa shape index (κ2) is 4.75. The van der Waals surface area contributed by atoms with Crippen LogP contribution in [0.1, 0.15) is 37.2 Å². The quantitative estimate of drug-likeness (QED) is 0.766. The van der Waals surface area contributed by atoms with Crippen LogP contribution in [-0.2, 0) is 11.8 Å². The summed E-state index contributed by atoms with van der Waals surface area (Å²) < 4.78 is 0. The van der Waals surface area contributed by atoms with Crippen LogP contribution >= 0.6 is 22.9 Å². The van der Waals surface area contributed by atoms with Crippen molar-refractivity contribution in [3.63, 3.8) is 0 Å². The number of aromatic nitrogens is 2. The standard InChI is InChI=1S/C13H15ClN2S/c1-13(2,3)10-8-11(14)16-12(15-10)7-9-5-4-6-17-9/h4-6,8H,7H2,1-3H3. The van der Waals surface area contributed by atoms with Crippen LogP contribution in [0.25, 0.3) is 0 Å². The minimum absolute atomic E-state index is 0.00319. The molecule has 0 aliphatic heterocycles. The molecule has 0 amide bonds. The molecule has 0 fully saturated rings. The lowest BCUT2D eigenvalue weighted by Crippen LogP contribution is -2.15. The maximum Gasteiger partial charge on any atom is 0.135 e. The minimum Gasteiger partial charge on any atom is -0.237 e. The molecule has 0 spiro atoms. The lowest BCUT2D eigenvalue weighted by molar-refractivity contribution is 0.563. The Morgan fingerprint density at radius 3 is 2.65 bits per heavy atom. The summed E-state index contributed by atoms with van der Waals surface area (Å²) in [6.07, 6.45) is 0.751. The molecule has 2 heterocycles. The van der Waals surface area contributed by atoms with Gasteiger partial charge in [0.15, 0.2) is 0 Å². The number of hydrogen-bond donors (Lipinski definition) is 0. The predicted molar refractivity (Wildman–Crippen MR) is 72.9 cm³/mol. The maximum atomic E-state index is 6.05. The van der Waals surface area contributed by atoms with E-state index in [9.17, 15) is 0 Å². The molecule has 0 bridgehead atoms. The van der Waals surface area contributed by atoms with Gasteiger partial charge in [0.2, 0.25) is 0 Å². The molecule has 0 saturated heterocycles. The van der Waals surface area contributed by atoms with E-state index in [1.165, 1.54) is 4.88 Å². The van der Waals surface area contributed by atoms with Gasteiger partial charge in [0, 0.05) is 16.7 Å². The molecule has 0 saturated carbocycles. The molecular formula is C13H15ClN2S. The van der Waals surface area contributed by atoms with Gasteiger partial charge in [-0.1, -0.05) is 38.4 Å². The van der Waals surface area contributed by atoms with E-state index in [-0.39, 0.29) is 5.41 Å². The highest BCUT2D eigenvalue weighted by molar-refractivity contribution is 7.09.